The number of anilines is 1. The summed E-state index contributed by atoms with van der Waals surface area (Å²) in [5.74, 6) is 0.430. The molecular formula is C33H33N5O4S. The van der Waals surface area contributed by atoms with E-state index in [2.05, 4.69) is 10.3 Å². The largest absolute Gasteiger partial charge is 0.465 e. The summed E-state index contributed by atoms with van der Waals surface area (Å²) in [6, 6.07) is 25.3. The maximum absolute atomic E-state index is 13.6. The van der Waals surface area contributed by atoms with Gasteiger partial charge in [-0.1, -0.05) is 66.7 Å². The van der Waals surface area contributed by atoms with E-state index in [1.54, 1.807) is 48.8 Å². The molecule has 1 aliphatic rings. The summed E-state index contributed by atoms with van der Waals surface area (Å²) in [6.07, 6.45) is 5.64. The number of aryl methyl sites for hydroxylation is 1. The van der Waals surface area contributed by atoms with Crippen molar-refractivity contribution in [3.8, 4) is 11.3 Å². The minimum atomic E-state index is -3.84. The summed E-state index contributed by atoms with van der Waals surface area (Å²) in [4.78, 5) is 23.4. The number of carboxylic acid groups (broad SMARTS) is 1. The van der Waals surface area contributed by atoms with Crippen LogP contribution in [0.25, 0.3) is 22.2 Å². The fourth-order valence-corrected chi connectivity index (χ4v) is 7.31. The van der Waals surface area contributed by atoms with E-state index in [-0.39, 0.29) is 17.0 Å². The first-order valence-corrected chi connectivity index (χ1v) is 15.8. The molecule has 0 aliphatic heterocycles. The van der Waals surface area contributed by atoms with E-state index in [0.717, 1.165) is 35.8 Å². The molecule has 220 valence electrons. The number of aromatic nitrogens is 3. The van der Waals surface area contributed by atoms with Gasteiger partial charge < -0.3 is 15.3 Å². The van der Waals surface area contributed by atoms with Crippen LogP contribution in [-0.4, -0.2) is 50.5 Å². The summed E-state index contributed by atoms with van der Waals surface area (Å²) < 4.78 is 28.6. The summed E-state index contributed by atoms with van der Waals surface area (Å²) >= 11 is 0. The van der Waals surface area contributed by atoms with Crippen molar-refractivity contribution in [2.24, 2.45) is 0 Å². The highest BCUT2D eigenvalue weighted by molar-refractivity contribution is 7.90. The Labute approximate surface area is 250 Å². The fourth-order valence-electron chi connectivity index (χ4n) is 5.92. The molecule has 6 rings (SSSR count). The van der Waals surface area contributed by atoms with Crippen LogP contribution in [0.4, 0.5) is 10.7 Å². The molecule has 2 N–H and O–H groups in total. The molecule has 0 unspecified atom stereocenters. The number of amides is 1. The third kappa shape index (κ3) is 5.83. The SMILES string of the molecule is Cc1cnc(N[C@@H]2CCC[C@H](N(Cc3ccccc3)C(=O)O)C2)nc1-c1cn(S(=O)(=O)c2ccccc2)c2ccccc12. The maximum atomic E-state index is 13.6. The average molecular weight is 596 g/mol. The molecule has 2 atom stereocenters. The van der Waals surface area contributed by atoms with E-state index >= 15 is 0 Å². The van der Waals surface area contributed by atoms with E-state index < -0.39 is 16.1 Å². The maximum Gasteiger partial charge on any atom is 0.407 e. The van der Waals surface area contributed by atoms with Crippen molar-refractivity contribution in [1.82, 2.24) is 18.8 Å². The van der Waals surface area contributed by atoms with Crippen LogP contribution < -0.4 is 5.32 Å². The molecule has 1 amide bonds. The van der Waals surface area contributed by atoms with Gasteiger partial charge in [0.2, 0.25) is 5.95 Å². The normalized spacial score (nSPS) is 17.0. The Hall–Kier alpha value is -4.70. The third-order valence-corrected chi connectivity index (χ3v) is 9.75. The van der Waals surface area contributed by atoms with Crippen molar-refractivity contribution in [3.05, 3.63) is 108 Å². The fraction of sp³-hybridized carbons (Fsp3) is 0.242. The molecule has 0 bridgehead atoms. The molecule has 0 saturated heterocycles. The number of rotatable bonds is 8. The Morgan fingerprint density at radius 3 is 2.44 bits per heavy atom. The Kier molecular flexibility index (Phi) is 7.86. The molecule has 43 heavy (non-hydrogen) atoms. The lowest BCUT2D eigenvalue weighted by atomic mass is 9.90. The zero-order chi connectivity index (χ0) is 30.0. The van der Waals surface area contributed by atoms with E-state index in [1.165, 1.54) is 8.87 Å². The zero-order valence-corrected chi connectivity index (χ0v) is 24.6. The van der Waals surface area contributed by atoms with Gasteiger partial charge in [0, 0.05) is 42.0 Å². The molecule has 3 aromatic carbocycles. The van der Waals surface area contributed by atoms with Crippen LogP contribution in [0.2, 0.25) is 0 Å². The predicted octanol–water partition coefficient (Wildman–Crippen LogP) is 6.55. The Morgan fingerprint density at radius 2 is 1.70 bits per heavy atom. The minimum absolute atomic E-state index is 0.00766. The number of benzene rings is 3. The second kappa shape index (κ2) is 11.9. The van der Waals surface area contributed by atoms with Crippen LogP contribution in [0.15, 0.2) is 102 Å². The Morgan fingerprint density at radius 1 is 1.00 bits per heavy atom. The highest BCUT2D eigenvalue weighted by atomic mass is 32.2. The van der Waals surface area contributed by atoms with Gasteiger partial charge in [0.25, 0.3) is 10.0 Å². The Balaban J connectivity index is 1.28. The van der Waals surface area contributed by atoms with Crippen LogP contribution in [0, 0.1) is 6.92 Å². The summed E-state index contributed by atoms with van der Waals surface area (Å²) in [5, 5.41) is 14.2. The van der Waals surface area contributed by atoms with Crippen LogP contribution in [0.5, 0.6) is 0 Å². The molecule has 0 radical (unpaired) electrons. The van der Waals surface area contributed by atoms with Gasteiger partial charge >= 0.3 is 6.09 Å². The lowest BCUT2D eigenvalue weighted by Gasteiger charge is -2.36. The van der Waals surface area contributed by atoms with Crippen molar-refractivity contribution >= 4 is 33.0 Å². The summed E-state index contributed by atoms with van der Waals surface area (Å²) in [5.41, 5.74) is 3.67. The van der Waals surface area contributed by atoms with Gasteiger partial charge in [0.1, 0.15) is 0 Å². The number of nitrogens with one attached hydrogen (secondary N) is 1. The van der Waals surface area contributed by atoms with E-state index in [1.807, 2.05) is 55.5 Å². The number of nitrogens with zero attached hydrogens (tertiary/aromatic N) is 4. The number of hydrogen-bond acceptors (Lipinski definition) is 6. The Bertz CT molecular complexity index is 1860. The van der Waals surface area contributed by atoms with Crippen LogP contribution in [0.1, 0.15) is 36.8 Å². The van der Waals surface area contributed by atoms with Crippen molar-refractivity contribution < 1.29 is 18.3 Å². The number of hydrogen-bond donors (Lipinski definition) is 2. The first kappa shape index (κ1) is 28.4. The van der Waals surface area contributed by atoms with Gasteiger partial charge in [-0.3, -0.25) is 0 Å². The highest BCUT2D eigenvalue weighted by Gasteiger charge is 2.30. The van der Waals surface area contributed by atoms with E-state index in [4.69, 9.17) is 4.98 Å². The smallest absolute Gasteiger partial charge is 0.407 e. The molecule has 2 aromatic heterocycles. The van der Waals surface area contributed by atoms with E-state index in [9.17, 15) is 18.3 Å². The van der Waals surface area contributed by atoms with Crippen LogP contribution >= 0.6 is 0 Å². The van der Waals surface area contributed by atoms with Gasteiger partial charge in [-0.25, -0.2) is 27.2 Å². The quantitative estimate of drug-likeness (QED) is 0.209. The molecule has 1 saturated carbocycles. The molecule has 0 spiro atoms. The van der Waals surface area contributed by atoms with Crippen LogP contribution in [0.3, 0.4) is 0 Å². The minimum Gasteiger partial charge on any atom is -0.465 e. The lowest BCUT2D eigenvalue weighted by molar-refractivity contribution is 0.105. The predicted molar refractivity (Wildman–Crippen MR) is 166 cm³/mol. The van der Waals surface area contributed by atoms with Crippen LogP contribution in [-0.2, 0) is 16.6 Å². The molecule has 9 nitrogen and oxygen atoms in total. The molecule has 1 aliphatic carbocycles. The summed E-state index contributed by atoms with van der Waals surface area (Å²) in [7, 11) is -3.84. The molecule has 1 fully saturated rings. The highest BCUT2D eigenvalue weighted by Crippen LogP contribution is 2.34. The van der Waals surface area contributed by atoms with Gasteiger partial charge in [-0.05, 0) is 61.9 Å². The van der Waals surface area contributed by atoms with Gasteiger partial charge in [0.05, 0.1) is 16.1 Å². The first-order valence-electron chi connectivity index (χ1n) is 14.4. The van der Waals surface area contributed by atoms with Gasteiger partial charge in [0.15, 0.2) is 0 Å². The zero-order valence-electron chi connectivity index (χ0n) is 23.8. The molecular weight excluding hydrogens is 562 g/mol. The standard InChI is InChI=1S/C33H33N5O4S/c1-23-20-34-32(35-25-13-10-14-26(19-25)37(33(39)40)21-24-11-4-2-5-12-24)36-31(23)29-22-38(30-18-9-8-17-28(29)30)43(41,42)27-15-6-3-7-16-27/h2-9,11-12,15-18,20,22,25-26H,10,13-14,19,21H2,1H3,(H,39,40)(H,34,35,36)/t25-,26+/m1/s1. The monoisotopic (exact) mass is 595 g/mol. The van der Waals surface area contributed by atoms with Crippen molar-refractivity contribution in [2.75, 3.05) is 5.32 Å². The number of para-hydroxylation sites is 1. The van der Waals surface area contributed by atoms with Crippen molar-refractivity contribution in [1.29, 1.82) is 0 Å². The second-order valence-corrected chi connectivity index (χ2v) is 12.8. The molecule has 10 heteroatoms. The van der Waals surface area contributed by atoms with Gasteiger partial charge in [-0.15, -0.1) is 0 Å². The molecule has 5 aromatic rings. The topological polar surface area (TPSA) is 117 Å². The van der Waals surface area contributed by atoms with Crippen molar-refractivity contribution in [3.63, 3.8) is 0 Å². The second-order valence-electron chi connectivity index (χ2n) is 11.0. The first-order chi connectivity index (χ1) is 20.8. The number of carbonyl (C=O) groups is 1. The van der Waals surface area contributed by atoms with Gasteiger partial charge in [-0.2, -0.15) is 0 Å². The van der Waals surface area contributed by atoms with E-state index in [0.29, 0.717) is 35.7 Å². The van der Waals surface area contributed by atoms with Crippen molar-refractivity contribution in [2.45, 2.75) is 56.1 Å². The molecule has 2 heterocycles. The number of fused-ring (bicyclic) bond motifs is 1. The lowest BCUT2D eigenvalue weighted by Crippen LogP contribution is -2.44. The third-order valence-electron chi connectivity index (χ3n) is 8.07. The average Bonchev–Trinajstić information content (AvgIpc) is 3.42. The summed E-state index contributed by atoms with van der Waals surface area (Å²) in [6.45, 7) is 2.25.